The molecule has 0 fully saturated rings. The largest absolute Gasteiger partial charge is 0.505 e. The summed E-state index contributed by atoms with van der Waals surface area (Å²) in [7, 11) is 0. The molecule has 1 aromatic carbocycles. The van der Waals surface area contributed by atoms with Gasteiger partial charge in [-0.1, -0.05) is 30.0 Å². The normalized spacial score (nSPS) is 10.7. The fourth-order valence-corrected chi connectivity index (χ4v) is 3.05. The first-order valence-corrected chi connectivity index (χ1v) is 8.03. The Labute approximate surface area is 128 Å². The molecule has 5 nitrogen and oxygen atoms in total. The summed E-state index contributed by atoms with van der Waals surface area (Å²) < 4.78 is 5.23. The summed E-state index contributed by atoms with van der Waals surface area (Å²) in [5.41, 5.74) is 0. The number of nitrogens with zero attached hydrogens (tertiary/aromatic N) is 2. The Morgan fingerprint density at radius 2 is 2.10 bits per heavy atom. The predicted octanol–water partition coefficient (Wildman–Crippen LogP) is 3.34. The van der Waals surface area contributed by atoms with Crippen molar-refractivity contribution in [2.45, 2.75) is 5.16 Å². The number of thiophene rings is 1. The van der Waals surface area contributed by atoms with E-state index in [-0.39, 0.29) is 10.6 Å². The predicted molar refractivity (Wildman–Crippen MR) is 82.3 cm³/mol. The van der Waals surface area contributed by atoms with Gasteiger partial charge in [0.15, 0.2) is 15.8 Å². The molecule has 0 atom stereocenters. The van der Waals surface area contributed by atoms with E-state index < -0.39 is 5.97 Å². The number of aromatic nitrogens is 2. The van der Waals surface area contributed by atoms with E-state index in [1.807, 2.05) is 12.3 Å². The quantitative estimate of drug-likeness (QED) is 0.346. The zero-order valence-electron chi connectivity index (χ0n) is 10.9. The Kier molecular flexibility index (Phi) is 3.76. The molecule has 1 N–H and O–H groups in total. The highest BCUT2D eigenvalue weighted by atomic mass is 32.2. The second-order valence-corrected chi connectivity index (χ2v) is 5.83. The van der Waals surface area contributed by atoms with Gasteiger partial charge in [0.25, 0.3) is 0 Å². The second-order valence-electron chi connectivity index (χ2n) is 4.06. The van der Waals surface area contributed by atoms with Crippen molar-refractivity contribution in [3.05, 3.63) is 41.4 Å². The van der Waals surface area contributed by atoms with Gasteiger partial charge >= 0.3 is 5.97 Å². The monoisotopic (exact) mass is 318 g/mol. The lowest BCUT2D eigenvalue weighted by molar-refractivity contribution is 0.0737. The fraction of sp³-hybridized carbons (Fsp3) is 0.0714. The van der Waals surface area contributed by atoms with Gasteiger partial charge in [0.1, 0.15) is 10.6 Å². The molecule has 0 bridgehead atoms. The van der Waals surface area contributed by atoms with E-state index in [2.05, 4.69) is 9.97 Å². The SMILES string of the molecule is CSc1ncc2c(O)c(C(=O)Oc3ccccc3)sc2n1. The summed E-state index contributed by atoms with van der Waals surface area (Å²) in [5, 5.41) is 11.2. The highest BCUT2D eigenvalue weighted by Gasteiger charge is 2.21. The molecule has 0 spiro atoms. The summed E-state index contributed by atoms with van der Waals surface area (Å²) in [6.45, 7) is 0. The van der Waals surface area contributed by atoms with Crippen LogP contribution < -0.4 is 4.74 Å². The number of esters is 1. The number of fused-ring (bicyclic) bond motifs is 1. The Morgan fingerprint density at radius 3 is 2.81 bits per heavy atom. The second kappa shape index (κ2) is 5.71. The number of carbonyl (C=O) groups excluding carboxylic acids is 1. The summed E-state index contributed by atoms with van der Waals surface area (Å²) in [4.78, 5) is 21.2. The van der Waals surface area contributed by atoms with Crippen LogP contribution in [0.4, 0.5) is 0 Å². The zero-order chi connectivity index (χ0) is 14.8. The maximum Gasteiger partial charge on any atom is 0.357 e. The van der Waals surface area contributed by atoms with Crippen LogP contribution in [0.15, 0.2) is 41.7 Å². The number of thioether (sulfide) groups is 1. The zero-order valence-corrected chi connectivity index (χ0v) is 12.6. The molecule has 0 aliphatic heterocycles. The molecular weight excluding hydrogens is 308 g/mol. The first-order chi connectivity index (χ1) is 10.2. The lowest BCUT2D eigenvalue weighted by Gasteiger charge is -2.01. The molecular formula is C14H10N2O3S2. The molecule has 0 unspecified atom stereocenters. The van der Waals surface area contributed by atoms with E-state index in [4.69, 9.17) is 4.74 Å². The third kappa shape index (κ3) is 2.70. The molecule has 3 aromatic rings. The van der Waals surface area contributed by atoms with Crippen molar-refractivity contribution in [2.24, 2.45) is 0 Å². The molecule has 2 heterocycles. The van der Waals surface area contributed by atoms with E-state index in [1.54, 1.807) is 24.3 Å². The molecule has 0 saturated heterocycles. The van der Waals surface area contributed by atoms with Crippen LogP contribution in [0.25, 0.3) is 10.2 Å². The van der Waals surface area contributed by atoms with E-state index in [1.165, 1.54) is 18.0 Å². The van der Waals surface area contributed by atoms with E-state index in [9.17, 15) is 9.90 Å². The molecule has 7 heteroatoms. The van der Waals surface area contributed by atoms with Gasteiger partial charge in [-0.05, 0) is 18.4 Å². The van der Waals surface area contributed by atoms with Gasteiger partial charge in [-0.2, -0.15) is 0 Å². The number of rotatable bonds is 3. The molecule has 3 rings (SSSR count). The maximum absolute atomic E-state index is 12.1. The van der Waals surface area contributed by atoms with Crippen molar-refractivity contribution < 1.29 is 14.6 Å². The van der Waals surface area contributed by atoms with E-state index in [0.717, 1.165) is 11.3 Å². The molecule has 0 aliphatic rings. The minimum atomic E-state index is -0.604. The molecule has 0 radical (unpaired) electrons. The summed E-state index contributed by atoms with van der Waals surface area (Å²) >= 11 is 2.49. The van der Waals surface area contributed by atoms with E-state index >= 15 is 0 Å². The highest BCUT2D eigenvalue weighted by molar-refractivity contribution is 7.98. The standard InChI is InChI=1S/C14H10N2O3S2/c1-20-14-15-7-9-10(17)11(21-12(9)16-14)13(18)19-8-5-3-2-4-6-8/h2-7,17H,1H3. The van der Waals surface area contributed by atoms with Gasteiger partial charge < -0.3 is 9.84 Å². The number of hydrogen-bond acceptors (Lipinski definition) is 7. The van der Waals surface area contributed by atoms with Crippen LogP contribution in [-0.4, -0.2) is 27.3 Å². The number of para-hydroxylation sites is 1. The van der Waals surface area contributed by atoms with Gasteiger partial charge in [0, 0.05) is 6.20 Å². The number of hydrogen-bond donors (Lipinski definition) is 1. The summed E-state index contributed by atoms with van der Waals surface area (Å²) in [6, 6.07) is 8.71. The molecule has 0 aliphatic carbocycles. The molecule has 21 heavy (non-hydrogen) atoms. The summed E-state index contributed by atoms with van der Waals surface area (Å²) in [6.07, 6.45) is 3.37. The van der Waals surface area contributed by atoms with Crippen molar-refractivity contribution in [3.63, 3.8) is 0 Å². The molecule has 2 aromatic heterocycles. The third-order valence-electron chi connectivity index (χ3n) is 2.72. The van der Waals surface area contributed by atoms with Crippen LogP contribution in [-0.2, 0) is 0 Å². The third-order valence-corrected chi connectivity index (χ3v) is 4.35. The topological polar surface area (TPSA) is 72.3 Å². The first-order valence-electron chi connectivity index (χ1n) is 5.98. The first kappa shape index (κ1) is 13.8. The molecule has 0 amide bonds. The smallest absolute Gasteiger partial charge is 0.357 e. The lowest BCUT2D eigenvalue weighted by atomic mass is 10.3. The number of ether oxygens (including phenoxy) is 1. The Morgan fingerprint density at radius 1 is 1.33 bits per heavy atom. The number of aromatic hydroxyl groups is 1. The van der Waals surface area contributed by atoms with Gasteiger partial charge in [-0.25, -0.2) is 14.8 Å². The van der Waals surface area contributed by atoms with Gasteiger partial charge in [0.2, 0.25) is 0 Å². The lowest BCUT2D eigenvalue weighted by Crippen LogP contribution is -2.06. The number of benzene rings is 1. The maximum atomic E-state index is 12.1. The van der Waals surface area contributed by atoms with Crippen LogP contribution in [0.3, 0.4) is 0 Å². The average molecular weight is 318 g/mol. The van der Waals surface area contributed by atoms with Crippen molar-refractivity contribution in [2.75, 3.05) is 6.26 Å². The van der Waals surface area contributed by atoms with Crippen LogP contribution in [0.1, 0.15) is 9.67 Å². The Balaban J connectivity index is 1.96. The number of carbonyl (C=O) groups is 1. The highest BCUT2D eigenvalue weighted by Crippen LogP contribution is 2.36. The van der Waals surface area contributed by atoms with Crippen LogP contribution in [0.5, 0.6) is 11.5 Å². The molecule has 106 valence electrons. The molecule has 0 saturated carbocycles. The average Bonchev–Trinajstić information content (AvgIpc) is 2.85. The minimum Gasteiger partial charge on any atom is -0.505 e. The van der Waals surface area contributed by atoms with Crippen molar-refractivity contribution in [3.8, 4) is 11.5 Å². The van der Waals surface area contributed by atoms with E-state index in [0.29, 0.717) is 21.1 Å². The van der Waals surface area contributed by atoms with Gasteiger partial charge in [-0.15, -0.1) is 11.3 Å². The van der Waals surface area contributed by atoms with Crippen LogP contribution in [0, 0.1) is 0 Å². The summed E-state index contributed by atoms with van der Waals surface area (Å²) in [5.74, 6) is -0.314. The fourth-order valence-electron chi connectivity index (χ4n) is 1.74. The van der Waals surface area contributed by atoms with Gasteiger partial charge in [0.05, 0.1) is 5.39 Å². The van der Waals surface area contributed by atoms with Crippen LogP contribution >= 0.6 is 23.1 Å². The van der Waals surface area contributed by atoms with Crippen molar-refractivity contribution in [1.82, 2.24) is 9.97 Å². The Bertz CT molecular complexity index is 803. The van der Waals surface area contributed by atoms with Crippen molar-refractivity contribution >= 4 is 39.3 Å². The minimum absolute atomic E-state index is 0.126. The Hall–Kier alpha value is -2.12. The van der Waals surface area contributed by atoms with Crippen LogP contribution in [0.2, 0.25) is 0 Å². The van der Waals surface area contributed by atoms with Crippen molar-refractivity contribution in [1.29, 1.82) is 0 Å². The van der Waals surface area contributed by atoms with Gasteiger partial charge in [-0.3, -0.25) is 0 Å².